The topological polar surface area (TPSA) is 45.2 Å². The number of nitrogens with one attached hydrogen (secondary N) is 1. The maximum atomic E-state index is 14.1. The minimum Gasteiger partial charge on any atom is -0.347 e. The molecule has 0 aliphatic carbocycles. The van der Waals surface area contributed by atoms with E-state index in [4.69, 9.17) is 0 Å². The van der Waals surface area contributed by atoms with E-state index < -0.39 is 5.41 Å². The van der Waals surface area contributed by atoms with Crippen LogP contribution in [0.1, 0.15) is 50.9 Å². The Morgan fingerprint density at radius 2 is 2.00 bits per heavy atom. The zero-order chi connectivity index (χ0) is 20.1. The van der Waals surface area contributed by atoms with Crippen molar-refractivity contribution in [1.82, 2.24) is 15.2 Å². The quantitative estimate of drug-likeness (QED) is 0.836. The number of piperidine rings is 1. The number of carbonyl (C=O) groups excluding carboxylic acids is 1. The molecule has 3 rings (SSSR count). The lowest BCUT2D eigenvalue weighted by atomic mass is 9.86. The third-order valence-electron chi connectivity index (χ3n) is 5.34. The molecular formula is C23H30FN3O. The summed E-state index contributed by atoms with van der Waals surface area (Å²) in [5, 5.41) is 3.24. The van der Waals surface area contributed by atoms with Crippen LogP contribution in [0.3, 0.4) is 0 Å². The van der Waals surface area contributed by atoms with E-state index in [2.05, 4.69) is 15.2 Å². The van der Waals surface area contributed by atoms with Crippen molar-refractivity contribution in [3.8, 4) is 0 Å². The molecular weight excluding hydrogens is 353 g/mol. The van der Waals surface area contributed by atoms with E-state index in [0.29, 0.717) is 6.54 Å². The molecule has 0 radical (unpaired) electrons. The Bertz CT molecular complexity index is 788. The van der Waals surface area contributed by atoms with E-state index in [9.17, 15) is 9.18 Å². The van der Waals surface area contributed by atoms with Crippen LogP contribution >= 0.6 is 0 Å². The van der Waals surface area contributed by atoms with Crippen LogP contribution in [0.4, 0.5) is 4.39 Å². The number of hydrogen-bond acceptors (Lipinski definition) is 3. The monoisotopic (exact) mass is 383 g/mol. The number of hydrogen-bond donors (Lipinski definition) is 1. The molecule has 150 valence electrons. The molecule has 0 bridgehead atoms. The number of pyridine rings is 1. The lowest BCUT2D eigenvalue weighted by Gasteiger charge is -2.38. The van der Waals surface area contributed by atoms with Crippen LogP contribution in [-0.2, 0) is 11.3 Å². The van der Waals surface area contributed by atoms with Crippen LogP contribution in [0.25, 0.3) is 0 Å². The summed E-state index contributed by atoms with van der Waals surface area (Å²) in [7, 11) is 0. The van der Waals surface area contributed by atoms with Gasteiger partial charge in [-0.1, -0.05) is 45.0 Å². The zero-order valence-electron chi connectivity index (χ0n) is 17.0. The molecule has 1 aromatic carbocycles. The van der Waals surface area contributed by atoms with Crippen molar-refractivity contribution >= 4 is 5.91 Å². The first kappa shape index (κ1) is 20.5. The normalized spacial score (nSPS) is 19.2. The Morgan fingerprint density at radius 3 is 2.68 bits per heavy atom. The number of carbonyl (C=O) groups is 1. The highest BCUT2D eigenvalue weighted by Crippen LogP contribution is 2.31. The van der Waals surface area contributed by atoms with E-state index in [0.717, 1.165) is 37.2 Å². The molecule has 4 nitrogen and oxygen atoms in total. The maximum absolute atomic E-state index is 14.1. The predicted octanol–water partition coefficient (Wildman–Crippen LogP) is 4.34. The molecule has 0 spiro atoms. The van der Waals surface area contributed by atoms with Crippen molar-refractivity contribution in [3.63, 3.8) is 0 Å². The lowest BCUT2D eigenvalue weighted by Crippen LogP contribution is -2.45. The highest BCUT2D eigenvalue weighted by molar-refractivity contribution is 5.81. The van der Waals surface area contributed by atoms with Crippen molar-refractivity contribution < 1.29 is 9.18 Å². The van der Waals surface area contributed by atoms with Crippen molar-refractivity contribution in [2.24, 2.45) is 11.3 Å². The molecule has 2 atom stereocenters. The number of benzene rings is 1. The summed E-state index contributed by atoms with van der Waals surface area (Å²) < 4.78 is 14.1. The number of rotatable bonds is 5. The molecule has 2 heterocycles. The van der Waals surface area contributed by atoms with Gasteiger partial charge in [-0.3, -0.25) is 14.7 Å². The van der Waals surface area contributed by atoms with Gasteiger partial charge in [0.1, 0.15) is 5.82 Å². The van der Waals surface area contributed by atoms with Gasteiger partial charge in [-0.25, -0.2) is 4.39 Å². The van der Waals surface area contributed by atoms with Crippen LogP contribution in [0.15, 0.2) is 48.7 Å². The first-order valence-corrected chi connectivity index (χ1v) is 10.0. The molecule has 2 aromatic rings. The van der Waals surface area contributed by atoms with Gasteiger partial charge >= 0.3 is 0 Å². The standard InChI is InChI=1S/C23H30FN3O/c1-23(2,3)22(28)26-21(20-12-6-7-13-25-20)18-10-8-14-27(16-18)15-17-9-4-5-11-19(17)24/h4-7,9,11-13,18,21H,8,10,14-16H2,1-3H3,(H,26,28)/t18-,21-/m1/s1. The smallest absolute Gasteiger partial charge is 0.225 e. The van der Waals surface area contributed by atoms with E-state index in [-0.39, 0.29) is 23.7 Å². The Hall–Kier alpha value is -2.27. The van der Waals surface area contributed by atoms with Gasteiger partial charge in [0.05, 0.1) is 11.7 Å². The number of aromatic nitrogens is 1. The fourth-order valence-electron chi connectivity index (χ4n) is 3.73. The van der Waals surface area contributed by atoms with Gasteiger partial charge < -0.3 is 5.32 Å². The molecule has 28 heavy (non-hydrogen) atoms. The lowest BCUT2D eigenvalue weighted by molar-refractivity contribution is -0.130. The average Bonchev–Trinajstić information content (AvgIpc) is 2.68. The SMILES string of the molecule is CC(C)(C)C(=O)N[C@@H](c1ccccn1)[C@@H]1CCCN(Cc2ccccc2F)C1. The second kappa shape index (κ2) is 8.82. The fraction of sp³-hybridized carbons (Fsp3) is 0.478. The summed E-state index contributed by atoms with van der Waals surface area (Å²) in [4.78, 5) is 19.5. The molecule has 1 aliphatic heterocycles. The molecule has 5 heteroatoms. The summed E-state index contributed by atoms with van der Waals surface area (Å²) in [5.74, 6) is 0.100. The molecule has 1 amide bonds. The third kappa shape index (κ3) is 5.16. The summed E-state index contributed by atoms with van der Waals surface area (Å²) in [6.07, 6.45) is 3.80. The van der Waals surface area contributed by atoms with E-state index in [1.54, 1.807) is 12.3 Å². The zero-order valence-corrected chi connectivity index (χ0v) is 17.0. The highest BCUT2D eigenvalue weighted by Gasteiger charge is 2.33. The van der Waals surface area contributed by atoms with Crippen LogP contribution in [-0.4, -0.2) is 28.9 Å². The van der Waals surface area contributed by atoms with Crippen molar-refractivity contribution in [1.29, 1.82) is 0 Å². The first-order chi connectivity index (χ1) is 13.3. The summed E-state index contributed by atoms with van der Waals surface area (Å²) in [6, 6.07) is 12.6. The number of amides is 1. The van der Waals surface area contributed by atoms with Crippen LogP contribution in [0.2, 0.25) is 0 Å². The fourth-order valence-corrected chi connectivity index (χ4v) is 3.73. The Kier molecular flexibility index (Phi) is 6.45. The van der Waals surface area contributed by atoms with Gasteiger partial charge in [-0.05, 0) is 43.5 Å². The van der Waals surface area contributed by atoms with E-state index >= 15 is 0 Å². The summed E-state index contributed by atoms with van der Waals surface area (Å²) in [6.45, 7) is 8.09. The molecule has 1 fully saturated rings. The molecule has 1 aliphatic rings. The second-order valence-electron chi connectivity index (χ2n) is 8.68. The largest absolute Gasteiger partial charge is 0.347 e. The van der Waals surface area contributed by atoms with Gasteiger partial charge in [0, 0.05) is 30.3 Å². The van der Waals surface area contributed by atoms with Gasteiger partial charge in [0.2, 0.25) is 5.91 Å². The van der Waals surface area contributed by atoms with Gasteiger partial charge in [-0.2, -0.15) is 0 Å². The van der Waals surface area contributed by atoms with Gasteiger partial charge in [0.25, 0.3) is 0 Å². The molecule has 1 aromatic heterocycles. The van der Waals surface area contributed by atoms with E-state index in [1.807, 2.05) is 51.1 Å². The second-order valence-corrected chi connectivity index (χ2v) is 8.68. The van der Waals surface area contributed by atoms with Crippen molar-refractivity contribution in [3.05, 3.63) is 65.7 Å². The van der Waals surface area contributed by atoms with E-state index in [1.165, 1.54) is 6.07 Å². The molecule has 0 saturated carbocycles. The minimum atomic E-state index is -0.464. The molecule has 0 unspecified atom stereocenters. The average molecular weight is 384 g/mol. The van der Waals surface area contributed by atoms with Crippen molar-refractivity contribution in [2.45, 2.75) is 46.2 Å². The molecule has 1 saturated heterocycles. The number of halogens is 1. The van der Waals surface area contributed by atoms with Gasteiger partial charge in [-0.15, -0.1) is 0 Å². The predicted molar refractivity (Wildman–Crippen MR) is 109 cm³/mol. The highest BCUT2D eigenvalue weighted by atomic mass is 19.1. The van der Waals surface area contributed by atoms with Gasteiger partial charge in [0.15, 0.2) is 0 Å². The Labute approximate surface area is 167 Å². The minimum absolute atomic E-state index is 0.0226. The summed E-state index contributed by atoms with van der Waals surface area (Å²) in [5.41, 5.74) is 1.14. The number of likely N-dealkylation sites (tertiary alicyclic amines) is 1. The first-order valence-electron chi connectivity index (χ1n) is 10.0. The van der Waals surface area contributed by atoms with Crippen LogP contribution in [0, 0.1) is 17.2 Å². The van der Waals surface area contributed by atoms with Crippen molar-refractivity contribution in [2.75, 3.05) is 13.1 Å². The maximum Gasteiger partial charge on any atom is 0.225 e. The van der Waals surface area contributed by atoms with Crippen LogP contribution in [0.5, 0.6) is 0 Å². The Morgan fingerprint density at radius 1 is 1.25 bits per heavy atom. The van der Waals surface area contributed by atoms with Crippen LogP contribution < -0.4 is 5.32 Å². The number of nitrogens with zero attached hydrogens (tertiary/aromatic N) is 2. The summed E-state index contributed by atoms with van der Waals surface area (Å²) >= 11 is 0. The molecule has 1 N–H and O–H groups in total. The third-order valence-corrected chi connectivity index (χ3v) is 5.34. The Balaban J connectivity index is 1.77.